The minimum Gasteiger partial charge on any atom is -0.399 e. The Balaban J connectivity index is 2.00. The number of nitrogens with zero attached hydrogens (tertiary/aromatic N) is 1. The lowest BCUT2D eigenvalue weighted by atomic mass is 10.0. The Morgan fingerprint density at radius 3 is 2.76 bits per heavy atom. The summed E-state index contributed by atoms with van der Waals surface area (Å²) in [7, 11) is 0. The number of carbonyl (C=O) groups is 1. The molecule has 0 aliphatic rings. The van der Waals surface area contributed by atoms with Crippen molar-refractivity contribution in [2.45, 2.75) is 19.8 Å². The van der Waals surface area contributed by atoms with Gasteiger partial charge in [0.05, 0.1) is 11.3 Å². The first-order valence-electron chi connectivity index (χ1n) is 6.74. The van der Waals surface area contributed by atoms with E-state index < -0.39 is 0 Å². The van der Waals surface area contributed by atoms with Gasteiger partial charge >= 0.3 is 0 Å². The van der Waals surface area contributed by atoms with Crippen molar-refractivity contribution in [2.24, 2.45) is 0 Å². The highest BCUT2D eigenvalue weighted by Crippen LogP contribution is 2.18. The molecule has 0 unspecified atom stereocenters. The average Bonchev–Trinajstić information content (AvgIpc) is 2.48. The highest BCUT2D eigenvalue weighted by atomic mass is 16.1. The van der Waals surface area contributed by atoms with Gasteiger partial charge in [0, 0.05) is 12.1 Å². The van der Waals surface area contributed by atoms with E-state index in [0.29, 0.717) is 29.8 Å². The van der Waals surface area contributed by atoms with Crippen LogP contribution in [0.2, 0.25) is 0 Å². The Kier molecular flexibility index (Phi) is 4.57. The summed E-state index contributed by atoms with van der Waals surface area (Å²) in [6.45, 7) is 2.03. The molecule has 2 rings (SSSR count). The van der Waals surface area contributed by atoms with Gasteiger partial charge in [0.15, 0.2) is 0 Å². The maximum atomic E-state index is 12.0. The number of nitrogens with one attached hydrogen (secondary N) is 1. The number of nitrogens with two attached hydrogens (primary N) is 1. The summed E-state index contributed by atoms with van der Waals surface area (Å²) < 4.78 is 0. The smallest absolute Gasteiger partial charge is 0.224 e. The van der Waals surface area contributed by atoms with Gasteiger partial charge in [-0.2, -0.15) is 5.26 Å². The Bertz CT molecular complexity index is 701. The SMILES string of the molecule is Cc1ccccc1CCC(=O)Nc1ccc(N)cc1C#N. The minimum atomic E-state index is -0.112. The molecular weight excluding hydrogens is 262 g/mol. The molecule has 2 aromatic carbocycles. The number of hydrogen-bond donors (Lipinski definition) is 2. The van der Waals surface area contributed by atoms with E-state index in [0.717, 1.165) is 5.56 Å². The van der Waals surface area contributed by atoms with Crippen molar-refractivity contribution >= 4 is 17.3 Å². The molecule has 0 radical (unpaired) electrons. The van der Waals surface area contributed by atoms with Crippen molar-refractivity contribution in [1.82, 2.24) is 0 Å². The lowest BCUT2D eigenvalue weighted by Crippen LogP contribution is -2.13. The van der Waals surface area contributed by atoms with Gasteiger partial charge in [-0.05, 0) is 42.7 Å². The van der Waals surface area contributed by atoms with Gasteiger partial charge in [-0.3, -0.25) is 4.79 Å². The zero-order valence-corrected chi connectivity index (χ0v) is 11.9. The molecule has 21 heavy (non-hydrogen) atoms. The fraction of sp³-hybridized carbons (Fsp3) is 0.176. The largest absolute Gasteiger partial charge is 0.399 e. The average molecular weight is 279 g/mol. The lowest BCUT2D eigenvalue weighted by molar-refractivity contribution is -0.116. The first-order valence-corrected chi connectivity index (χ1v) is 6.74. The normalized spacial score (nSPS) is 9.90. The molecule has 0 saturated heterocycles. The third kappa shape index (κ3) is 3.83. The molecule has 0 heterocycles. The fourth-order valence-corrected chi connectivity index (χ4v) is 2.11. The van der Waals surface area contributed by atoms with E-state index in [1.165, 1.54) is 5.56 Å². The van der Waals surface area contributed by atoms with E-state index in [1.54, 1.807) is 18.2 Å². The Morgan fingerprint density at radius 2 is 2.05 bits per heavy atom. The Morgan fingerprint density at radius 1 is 1.29 bits per heavy atom. The van der Waals surface area contributed by atoms with Gasteiger partial charge in [0.2, 0.25) is 5.91 Å². The number of aryl methyl sites for hydroxylation is 2. The maximum absolute atomic E-state index is 12.0. The molecule has 4 heteroatoms. The number of anilines is 2. The predicted octanol–water partition coefficient (Wildman–Crippen LogP) is 3.02. The zero-order valence-electron chi connectivity index (χ0n) is 11.9. The summed E-state index contributed by atoms with van der Waals surface area (Å²) in [6, 6.07) is 14.9. The number of hydrogen-bond acceptors (Lipinski definition) is 3. The molecule has 0 aliphatic carbocycles. The summed E-state index contributed by atoms with van der Waals surface area (Å²) in [5, 5.41) is 11.8. The number of nitriles is 1. The van der Waals surface area contributed by atoms with E-state index in [9.17, 15) is 4.79 Å². The van der Waals surface area contributed by atoms with Crippen molar-refractivity contribution in [3.8, 4) is 6.07 Å². The van der Waals surface area contributed by atoms with Crippen LogP contribution in [-0.4, -0.2) is 5.91 Å². The van der Waals surface area contributed by atoms with Gasteiger partial charge < -0.3 is 11.1 Å². The van der Waals surface area contributed by atoms with E-state index in [2.05, 4.69) is 5.32 Å². The van der Waals surface area contributed by atoms with Crippen molar-refractivity contribution in [3.05, 3.63) is 59.2 Å². The molecule has 4 nitrogen and oxygen atoms in total. The molecular formula is C17H17N3O. The molecule has 1 amide bonds. The lowest BCUT2D eigenvalue weighted by Gasteiger charge is -2.08. The standard InChI is InChI=1S/C17H17N3O/c1-12-4-2-3-5-13(12)6-9-17(21)20-16-8-7-15(19)10-14(16)11-18/h2-5,7-8,10H,6,9,19H2,1H3,(H,20,21). The molecule has 0 aliphatic heterocycles. The second-order valence-electron chi connectivity index (χ2n) is 4.89. The fourth-order valence-electron chi connectivity index (χ4n) is 2.11. The van der Waals surface area contributed by atoms with E-state index >= 15 is 0 Å². The van der Waals surface area contributed by atoms with Gasteiger partial charge in [-0.25, -0.2) is 0 Å². The van der Waals surface area contributed by atoms with Crippen LogP contribution in [0.5, 0.6) is 0 Å². The third-order valence-corrected chi connectivity index (χ3v) is 3.32. The third-order valence-electron chi connectivity index (χ3n) is 3.32. The van der Waals surface area contributed by atoms with E-state index in [4.69, 9.17) is 11.0 Å². The highest BCUT2D eigenvalue weighted by Gasteiger charge is 2.08. The molecule has 0 fully saturated rings. The molecule has 3 N–H and O–H groups in total. The summed E-state index contributed by atoms with van der Waals surface area (Å²) in [5.74, 6) is -0.112. The van der Waals surface area contributed by atoms with Crippen LogP contribution in [0, 0.1) is 18.3 Å². The zero-order chi connectivity index (χ0) is 15.2. The van der Waals surface area contributed by atoms with E-state index in [-0.39, 0.29) is 5.91 Å². The van der Waals surface area contributed by atoms with Crippen molar-refractivity contribution in [3.63, 3.8) is 0 Å². The second kappa shape index (κ2) is 6.58. The summed E-state index contributed by atoms with van der Waals surface area (Å²) in [4.78, 5) is 12.0. The van der Waals surface area contributed by atoms with Crippen molar-refractivity contribution in [1.29, 1.82) is 5.26 Å². The second-order valence-corrected chi connectivity index (χ2v) is 4.89. The number of rotatable bonds is 4. The van der Waals surface area contributed by atoms with Crippen LogP contribution in [0.25, 0.3) is 0 Å². The van der Waals surface area contributed by atoms with Crippen LogP contribution in [0.3, 0.4) is 0 Å². The summed E-state index contributed by atoms with van der Waals surface area (Å²) in [6.07, 6.45) is 1.05. The van der Waals surface area contributed by atoms with Gasteiger partial charge in [-0.15, -0.1) is 0 Å². The van der Waals surface area contributed by atoms with Crippen LogP contribution >= 0.6 is 0 Å². The van der Waals surface area contributed by atoms with Crippen LogP contribution in [-0.2, 0) is 11.2 Å². The van der Waals surface area contributed by atoms with E-state index in [1.807, 2.05) is 37.3 Å². The molecule has 106 valence electrons. The van der Waals surface area contributed by atoms with Crippen LogP contribution in [0.1, 0.15) is 23.1 Å². The quantitative estimate of drug-likeness (QED) is 0.844. The number of nitrogen functional groups attached to an aromatic ring is 1. The summed E-state index contributed by atoms with van der Waals surface area (Å²) >= 11 is 0. The Hall–Kier alpha value is -2.80. The first kappa shape index (κ1) is 14.6. The summed E-state index contributed by atoms with van der Waals surface area (Å²) in [5.41, 5.74) is 9.34. The monoisotopic (exact) mass is 279 g/mol. The molecule has 0 bridgehead atoms. The molecule has 0 saturated carbocycles. The molecule has 2 aromatic rings. The van der Waals surface area contributed by atoms with Gasteiger partial charge in [0.25, 0.3) is 0 Å². The van der Waals surface area contributed by atoms with Gasteiger partial charge in [-0.1, -0.05) is 24.3 Å². The van der Waals surface area contributed by atoms with Crippen LogP contribution < -0.4 is 11.1 Å². The maximum Gasteiger partial charge on any atom is 0.224 e. The van der Waals surface area contributed by atoms with Gasteiger partial charge in [0.1, 0.15) is 6.07 Å². The predicted molar refractivity (Wildman–Crippen MR) is 83.7 cm³/mol. The Labute approximate surface area is 124 Å². The van der Waals surface area contributed by atoms with Crippen molar-refractivity contribution < 1.29 is 4.79 Å². The number of amides is 1. The first-order chi connectivity index (χ1) is 10.1. The minimum absolute atomic E-state index is 0.112. The highest BCUT2D eigenvalue weighted by molar-refractivity contribution is 5.92. The van der Waals surface area contributed by atoms with Crippen LogP contribution in [0.15, 0.2) is 42.5 Å². The van der Waals surface area contributed by atoms with Crippen molar-refractivity contribution in [2.75, 3.05) is 11.1 Å². The molecule has 0 spiro atoms. The topological polar surface area (TPSA) is 78.9 Å². The van der Waals surface area contributed by atoms with Crippen LogP contribution in [0.4, 0.5) is 11.4 Å². The molecule has 0 aromatic heterocycles. The molecule has 0 atom stereocenters. The number of carbonyl (C=O) groups excluding carboxylic acids is 1. The number of benzene rings is 2.